The molecular formula is C28H27N5O. The van der Waals surface area contributed by atoms with Gasteiger partial charge in [0.05, 0.1) is 24.0 Å². The van der Waals surface area contributed by atoms with E-state index in [1.54, 1.807) is 12.4 Å². The van der Waals surface area contributed by atoms with Crippen LogP contribution in [0.2, 0.25) is 0 Å². The zero-order valence-corrected chi connectivity index (χ0v) is 19.2. The van der Waals surface area contributed by atoms with Gasteiger partial charge in [0.25, 0.3) is 0 Å². The van der Waals surface area contributed by atoms with E-state index in [-0.39, 0.29) is 6.10 Å². The largest absolute Gasteiger partial charge is 0.371 e. The van der Waals surface area contributed by atoms with Gasteiger partial charge in [-0.1, -0.05) is 42.5 Å². The van der Waals surface area contributed by atoms with Gasteiger partial charge in [-0.2, -0.15) is 5.26 Å². The van der Waals surface area contributed by atoms with E-state index in [9.17, 15) is 5.26 Å². The Kier molecular flexibility index (Phi) is 6.39. The average Bonchev–Trinajstić information content (AvgIpc) is 3.35. The number of nitriles is 1. The molecule has 34 heavy (non-hydrogen) atoms. The van der Waals surface area contributed by atoms with Crippen molar-refractivity contribution >= 4 is 28.4 Å². The van der Waals surface area contributed by atoms with Crippen LogP contribution in [0.15, 0.2) is 73.2 Å². The van der Waals surface area contributed by atoms with E-state index in [4.69, 9.17) is 4.74 Å². The molecule has 0 bridgehead atoms. The van der Waals surface area contributed by atoms with E-state index in [0.29, 0.717) is 12.2 Å². The predicted molar refractivity (Wildman–Crippen MR) is 136 cm³/mol. The number of aromatic nitrogens is 2. The minimum Gasteiger partial charge on any atom is -0.371 e. The van der Waals surface area contributed by atoms with E-state index in [1.165, 1.54) is 5.56 Å². The molecule has 3 heterocycles. The molecule has 1 atom stereocenters. The zero-order valence-electron chi connectivity index (χ0n) is 19.2. The van der Waals surface area contributed by atoms with E-state index in [2.05, 4.69) is 69.6 Å². The summed E-state index contributed by atoms with van der Waals surface area (Å²) in [6.07, 6.45) is 9.39. The molecular weight excluding hydrogens is 422 g/mol. The van der Waals surface area contributed by atoms with Crippen molar-refractivity contribution in [2.24, 2.45) is 0 Å². The first kappa shape index (κ1) is 21.9. The van der Waals surface area contributed by atoms with Gasteiger partial charge in [-0.25, -0.2) is 0 Å². The second-order valence-electron chi connectivity index (χ2n) is 8.55. The van der Waals surface area contributed by atoms with Crippen LogP contribution in [-0.2, 0) is 11.3 Å². The van der Waals surface area contributed by atoms with Crippen LogP contribution in [0, 0.1) is 18.3 Å². The molecule has 170 valence electrons. The number of pyridine rings is 1. The van der Waals surface area contributed by atoms with Crippen LogP contribution in [0.5, 0.6) is 0 Å². The first-order valence-electron chi connectivity index (χ1n) is 11.5. The number of aryl methyl sites for hydroxylation is 1. The molecule has 1 unspecified atom stereocenters. The molecule has 4 aromatic rings. The lowest BCUT2D eigenvalue weighted by Gasteiger charge is -2.31. The molecule has 2 N–H and O–H groups in total. The normalized spacial score (nSPS) is 16.6. The molecule has 0 amide bonds. The number of nitrogens with zero attached hydrogens (tertiary/aromatic N) is 3. The van der Waals surface area contributed by atoms with Crippen molar-refractivity contribution in [1.82, 2.24) is 14.9 Å². The highest BCUT2D eigenvalue weighted by atomic mass is 16.5. The van der Waals surface area contributed by atoms with Crippen molar-refractivity contribution in [2.75, 3.05) is 25.0 Å². The second kappa shape index (κ2) is 9.92. The first-order chi connectivity index (χ1) is 16.7. The summed E-state index contributed by atoms with van der Waals surface area (Å²) in [5, 5.41) is 14.4. The Labute approximate surface area is 199 Å². The lowest BCUT2D eigenvalue weighted by molar-refractivity contribution is -0.00610. The Balaban J connectivity index is 1.36. The van der Waals surface area contributed by atoms with Gasteiger partial charge in [-0.15, -0.1) is 0 Å². The summed E-state index contributed by atoms with van der Waals surface area (Å²) < 4.78 is 6.00. The number of rotatable bonds is 6. The number of ether oxygens (including phenoxy) is 1. The first-order valence-corrected chi connectivity index (χ1v) is 11.5. The summed E-state index contributed by atoms with van der Waals surface area (Å²) in [5.41, 5.74) is 6.60. The highest BCUT2D eigenvalue weighted by Crippen LogP contribution is 2.31. The van der Waals surface area contributed by atoms with E-state index in [1.807, 2.05) is 30.5 Å². The Morgan fingerprint density at radius 3 is 2.94 bits per heavy atom. The van der Waals surface area contributed by atoms with Crippen molar-refractivity contribution in [3.8, 4) is 6.07 Å². The molecule has 5 rings (SSSR count). The maximum atomic E-state index is 9.73. The number of hydrogen-bond donors (Lipinski definition) is 2. The van der Waals surface area contributed by atoms with Gasteiger partial charge in [0.2, 0.25) is 0 Å². The Bertz CT molecular complexity index is 1350. The summed E-state index contributed by atoms with van der Waals surface area (Å²) in [5.74, 6) is 0. The Hall–Kier alpha value is -3.92. The molecule has 1 saturated heterocycles. The topological polar surface area (TPSA) is 77.0 Å². The summed E-state index contributed by atoms with van der Waals surface area (Å²) in [6, 6.07) is 18.9. The van der Waals surface area contributed by atoms with Crippen molar-refractivity contribution < 1.29 is 4.74 Å². The smallest absolute Gasteiger partial charge is 0.103 e. The van der Waals surface area contributed by atoms with E-state index >= 15 is 0 Å². The molecule has 6 heteroatoms. The number of morpholine rings is 1. The fourth-order valence-corrected chi connectivity index (χ4v) is 4.43. The van der Waals surface area contributed by atoms with Crippen molar-refractivity contribution in [3.63, 3.8) is 0 Å². The lowest BCUT2D eigenvalue weighted by atomic mass is 10.1. The predicted octanol–water partition coefficient (Wildman–Crippen LogP) is 5.40. The summed E-state index contributed by atoms with van der Waals surface area (Å²) >= 11 is 0. The van der Waals surface area contributed by atoms with Crippen LogP contribution in [0.25, 0.3) is 17.0 Å². The van der Waals surface area contributed by atoms with Gasteiger partial charge in [-0.05, 0) is 36.2 Å². The van der Waals surface area contributed by atoms with Gasteiger partial charge in [0, 0.05) is 60.4 Å². The summed E-state index contributed by atoms with van der Waals surface area (Å²) in [4.78, 5) is 9.94. The number of benzene rings is 2. The maximum Gasteiger partial charge on any atom is 0.103 e. The molecule has 0 spiro atoms. The third kappa shape index (κ3) is 4.72. The molecule has 2 aromatic heterocycles. The fourth-order valence-electron chi connectivity index (χ4n) is 4.43. The molecule has 0 saturated carbocycles. The van der Waals surface area contributed by atoms with Gasteiger partial charge < -0.3 is 15.0 Å². The number of anilines is 2. The minimum atomic E-state index is -0.0194. The fraction of sp³-hybridized carbons (Fsp3) is 0.214. The van der Waals surface area contributed by atoms with Crippen molar-refractivity contribution in [2.45, 2.75) is 19.6 Å². The lowest BCUT2D eigenvalue weighted by Crippen LogP contribution is -2.41. The van der Waals surface area contributed by atoms with Crippen LogP contribution in [0.3, 0.4) is 0 Å². The number of nitrogens with one attached hydrogen (secondary N) is 2. The number of H-pyrrole nitrogens is 1. The molecule has 0 aliphatic carbocycles. The Morgan fingerprint density at radius 2 is 2.09 bits per heavy atom. The quantitative estimate of drug-likeness (QED) is 0.412. The summed E-state index contributed by atoms with van der Waals surface area (Å²) in [7, 11) is 0. The highest BCUT2D eigenvalue weighted by Gasteiger charge is 2.19. The van der Waals surface area contributed by atoms with Gasteiger partial charge in [0.15, 0.2) is 0 Å². The minimum absolute atomic E-state index is 0.0194. The molecule has 6 nitrogen and oxygen atoms in total. The average molecular weight is 450 g/mol. The van der Waals surface area contributed by atoms with E-state index < -0.39 is 0 Å². The third-order valence-electron chi connectivity index (χ3n) is 6.28. The van der Waals surface area contributed by atoms with Crippen molar-refractivity contribution in [1.29, 1.82) is 5.26 Å². The van der Waals surface area contributed by atoms with Crippen LogP contribution < -0.4 is 5.32 Å². The van der Waals surface area contributed by atoms with Crippen LogP contribution in [0.4, 0.5) is 11.4 Å². The molecule has 1 aliphatic rings. The number of hydrogen-bond acceptors (Lipinski definition) is 5. The number of fused-ring (bicyclic) bond motifs is 1. The van der Waals surface area contributed by atoms with Crippen LogP contribution >= 0.6 is 0 Å². The third-order valence-corrected chi connectivity index (χ3v) is 6.28. The zero-order chi connectivity index (χ0) is 23.3. The molecule has 0 radical (unpaired) electrons. The van der Waals surface area contributed by atoms with Crippen LogP contribution in [0.1, 0.15) is 22.3 Å². The second-order valence-corrected chi connectivity index (χ2v) is 8.55. The molecule has 2 aromatic carbocycles. The molecule has 1 aliphatic heterocycles. The van der Waals surface area contributed by atoms with Crippen LogP contribution in [-0.4, -0.2) is 40.7 Å². The summed E-state index contributed by atoms with van der Waals surface area (Å²) in [6.45, 7) is 5.42. The SMILES string of the molecule is Cc1c(Nc2c(C#N)cncc2/C=C/C2CN(Cc3ccccc3)CCO2)ccc2[nH]ccc12. The monoisotopic (exact) mass is 449 g/mol. The Morgan fingerprint density at radius 1 is 1.21 bits per heavy atom. The van der Waals surface area contributed by atoms with Crippen molar-refractivity contribution in [3.05, 3.63) is 95.5 Å². The van der Waals surface area contributed by atoms with Gasteiger partial charge in [-0.3, -0.25) is 9.88 Å². The standard InChI is InChI=1S/C28H27N5O/c1-20-25-11-12-31-27(25)10-9-26(20)32-28-22(16-30-17-23(28)15-29)7-8-24-19-33(13-14-34-24)18-21-5-3-2-4-6-21/h2-12,16-17,24,31H,13-14,18-19H2,1H3,(H,30,32)/b8-7+. The highest BCUT2D eigenvalue weighted by molar-refractivity contribution is 5.89. The van der Waals surface area contributed by atoms with Gasteiger partial charge in [0.1, 0.15) is 6.07 Å². The maximum absolute atomic E-state index is 9.73. The number of aromatic amines is 1. The van der Waals surface area contributed by atoms with E-state index in [0.717, 1.165) is 53.0 Å². The molecule has 1 fully saturated rings. The van der Waals surface area contributed by atoms with Gasteiger partial charge >= 0.3 is 0 Å².